The van der Waals surface area contributed by atoms with Crippen LogP contribution in [0.4, 0.5) is 22.7 Å². The van der Waals surface area contributed by atoms with Crippen LogP contribution in [0.3, 0.4) is 0 Å². The summed E-state index contributed by atoms with van der Waals surface area (Å²) in [5.41, 5.74) is 2.51. The first-order valence-corrected chi connectivity index (χ1v) is 11.7. The average molecular weight is 543 g/mol. The van der Waals surface area contributed by atoms with E-state index in [0.29, 0.717) is 22.9 Å². The predicted molar refractivity (Wildman–Crippen MR) is 147 cm³/mol. The van der Waals surface area contributed by atoms with Gasteiger partial charge in [-0.1, -0.05) is 12.1 Å². The highest BCUT2D eigenvalue weighted by molar-refractivity contribution is 6.06. The zero-order valence-corrected chi connectivity index (χ0v) is 21.2. The standard InChI is InChI=1S/C28H22N4O8/c1-39-25-15-19(7-13-23(25)29-27(33)17-3-9-21(10-4-17)31(35)36)20-8-14-24(26(16-20)40-2)30-28(34)18-5-11-22(12-6-18)32(37)38/h3-16H,1-2H3,(H,29,33)(H,30,34). The molecule has 0 saturated carbocycles. The largest absolute Gasteiger partial charge is 0.495 e. The third kappa shape index (κ3) is 6.02. The van der Waals surface area contributed by atoms with Crippen molar-refractivity contribution in [3.8, 4) is 22.6 Å². The Hall–Kier alpha value is -5.78. The zero-order valence-electron chi connectivity index (χ0n) is 21.2. The number of nitrogens with one attached hydrogen (secondary N) is 2. The van der Waals surface area contributed by atoms with Gasteiger partial charge in [-0.2, -0.15) is 0 Å². The van der Waals surface area contributed by atoms with Crippen molar-refractivity contribution in [2.45, 2.75) is 0 Å². The molecular weight excluding hydrogens is 520 g/mol. The third-order valence-corrected chi connectivity index (χ3v) is 5.91. The lowest BCUT2D eigenvalue weighted by Gasteiger charge is -2.14. The predicted octanol–water partition coefficient (Wildman–Crippen LogP) is 5.69. The lowest BCUT2D eigenvalue weighted by Crippen LogP contribution is -2.13. The molecule has 12 nitrogen and oxygen atoms in total. The number of nitro groups is 2. The summed E-state index contributed by atoms with van der Waals surface area (Å²) in [5, 5.41) is 27.2. The summed E-state index contributed by atoms with van der Waals surface area (Å²) in [6, 6.07) is 20.7. The summed E-state index contributed by atoms with van der Waals surface area (Å²) >= 11 is 0. The number of ether oxygens (including phenoxy) is 2. The van der Waals surface area contributed by atoms with Gasteiger partial charge in [-0.05, 0) is 59.7 Å². The fraction of sp³-hybridized carbons (Fsp3) is 0.0714. The van der Waals surface area contributed by atoms with Crippen molar-refractivity contribution in [2.24, 2.45) is 0 Å². The molecule has 4 aromatic rings. The quantitative estimate of drug-likeness (QED) is 0.201. The number of anilines is 2. The molecule has 0 aromatic heterocycles. The highest BCUT2D eigenvalue weighted by Crippen LogP contribution is 2.35. The molecule has 0 bridgehead atoms. The summed E-state index contributed by atoms with van der Waals surface area (Å²) in [6.07, 6.45) is 0. The van der Waals surface area contributed by atoms with Crippen molar-refractivity contribution in [1.82, 2.24) is 0 Å². The molecule has 0 radical (unpaired) electrons. The van der Waals surface area contributed by atoms with E-state index in [2.05, 4.69) is 10.6 Å². The second-order valence-electron chi connectivity index (χ2n) is 8.35. The van der Waals surface area contributed by atoms with E-state index in [4.69, 9.17) is 9.47 Å². The fourth-order valence-electron chi connectivity index (χ4n) is 3.81. The molecule has 0 atom stereocenters. The number of amides is 2. The maximum absolute atomic E-state index is 12.7. The van der Waals surface area contributed by atoms with E-state index in [1.807, 2.05) is 0 Å². The summed E-state index contributed by atoms with van der Waals surface area (Å²) in [7, 11) is 2.91. The van der Waals surface area contributed by atoms with Gasteiger partial charge in [0.1, 0.15) is 11.5 Å². The van der Waals surface area contributed by atoms with E-state index in [-0.39, 0.29) is 22.5 Å². The Labute approximate surface area is 227 Å². The summed E-state index contributed by atoms with van der Waals surface area (Å²) in [4.78, 5) is 45.9. The van der Waals surface area contributed by atoms with E-state index < -0.39 is 21.7 Å². The van der Waals surface area contributed by atoms with Crippen molar-refractivity contribution in [3.63, 3.8) is 0 Å². The number of rotatable bonds is 9. The monoisotopic (exact) mass is 542 g/mol. The molecule has 40 heavy (non-hydrogen) atoms. The minimum Gasteiger partial charge on any atom is -0.495 e. The van der Waals surface area contributed by atoms with E-state index in [1.54, 1.807) is 36.4 Å². The van der Waals surface area contributed by atoms with Crippen LogP contribution in [-0.2, 0) is 0 Å². The molecule has 0 aliphatic carbocycles. The van der Waals surface area contributed by atoms with E-state index in [9.17, 15) is 29.8 Å². The number of hydrogen-bond acceptors (Lipinski definition) is 8. The van der Waals surface area contributed by atoms with Gasteiger partial charge >= 0.3 is 0 Å². The number of nitrogens with zero attached hydrogens (tertiary/aromatic N) is 2. The number of carbonyl (C=O) groups excluding carboxylic acids is 2. The molecule has 4 rings (SSSR count). The number of benzene rings is 4. The van der Waals surface area contributed by atoms with Crippen LogP contribution in [0.15, 0.2) is 84.9 Å². The van der Waals surface area contributed by atoms with Gasteiger partial charge in [0.15, 0.2) is 0 Å². The van der Waals surface area contributed by atoms with Crippen molar-refractivity contribution in [1.29, 1.82) is 0 Å². The van der Waals surface area contributed by atoms with Crippen LogP contribution < -0.4 is 20.1 Å². The van der Waals surface area contributed by atoms with E-state index >= 15 is 0 Å². The number of carbonyl (C=O) groups is 2. The van der Waals surface area contributed by atoms with E-state index in [1.165, 1.54) is 62.8 Å². The Morgan fingerprint density at radius 2 is 0.950 bits per heavy atom. The summed E-state index contributed by atoms with van der Waals surface area (Å²) in [6.45, 7) is 0. The maximum Gasteiger partial charge on any atom is 0.269 e. The van der Waals surface area contributed by atoms with Gasteiger partial charge in [-0.15, -0.1) is 0 Å². The lowest BCUT2D eigenvalue weighted by molar-refractivity contribution is -0.385. The van der Waals surface area contributed by atoms with Crippen LogP contribution in [0, 0.1) is 20.2 Å². The van der Waals surface area contributed by atoms with Gasteiger partial charge in [0.25, 0.3) is 23.2 Å². The second kappa shape index (κ2) is 11.7. The van der Waals surface area contributed by atoms with Crippen LogP contribution in [0.1, 0.15) is 20.7 Å². The van der Waals surface area contributed by atoms with Gasteiger partial charge in [-0.3, -0.25) is 29.8 Å². The van der Waals surface area contributed by atoms with Crippen LogP contribution in [-0.4, -0.2) is 35.9 Å². The van der Waals surface area contributed by atoms with Gasteiger partial charge in [0.2, 0.25) is 0 Å². The molecule has 0 fully saturated rings. The first kappa shape index (κ1) is 27.3. The number of hydrogen-bond donors (Lipinski definition) is 2. The highest BCUT2D eigenvalue weighted by Gasteiger charge is 2.16. The number of methoxy groups -OCH3 is 2. The minimum atomic E-state index is -0.544. The molecule has 2 N–H and O–H groups in total. The fourth-order valence-corrected chi connectivity index (χ4v) is 3.81. The number of non-ortho nitro benzene ring substituents is 2. The van der Waals surface area contributed by atoms with Crippen LogP contribution in [0.2, 0.25) is 0 Å². The molecule has 0 aliphatic heterocycles. The van der Waals surface area contributed by atoms with Crippen LogP contribution in [0.25, 0.3) is 11.1 Å². The number of nitro benzene ring substituents is 2. The zero-order chi connectivity index (χ0) is 28.8. The smallest absolute Gasteiger partial charge is 0.269 e. The topological polar surface area (TPSA) is 163 Å². The molecule has 0 aliphatic rings. The Kier molecular flexibility index (Phi) is 7.99. The molecule has 0 unspecified atom stereocenters. The highest BCUT2D eigenvalue weighted by atomic mass is 16.6. The van der Waals surface area contributed by atoms with Crippen LogP contribution >= 0.6 is 0 Å². The van der Waals surface area contributed by atoms with Gasteiger partial charge in [0, 0.05) is 35.4 Å². The second-order valence-corrected chi connectivity index (χ2v) is 8.35. The first-order valence-electron chi connectivity index (χ1n) is 11.7. The molecule has 4 aromatic carbocycles. The molecular formula is C28H22N4O8. The maximum atomic E-state index is 12.7. The van der Waals surface area contributed by atoms with Crippen LogP contribution in [0.5, 0.6) is 11.5 Å². The Morgan fingerprint density at radius 1 is 0.600 bits per heavy atom. The van der Waals surface area contributed by atoms with Gasteiger partial charge in [-0.25, -0.2) is 0 Å². The summed E-state index contributed by atoms with van der Waals surface area (Å²) < 4.78 is 10.9. The normalized spacial score (nSPS) is 10.3. The average Bonchev–Trinajstić information content (AvgIpc) is 2.97. The molecule has 0 heterocycles. The van der Waals surface area contributed by atoms with Gasteiger partial charge < -0.3 is 20.1 Å². The molecule has 12 heteroatoms. The molecule has 0 spiro atoms. The van der Waals surface area contributed by atoms with Crippen molar-refractivity contribution in [2.75, 3.05) is 24.9 Å². The Morgan fingerprint density at radius 3 is 1.25 bits per heavy atom. The van der Waals surface area contributed by atoms with Crippen molar-refractivity contribution >= 4 is 34.6 Å². The Balaban J connectivity index is 1.52. The summed E-state index contributed by atoms with van der Waals surface area (Å²) in [5.74, 6) is -0.170. The molecule has 0 saturated heterocycles. The molecule has 2 amide bonds. The van der Waals surface area contributed by atoms with Crippen molar-refractivity contribution in [3.05, 3.63) is 116 Å². The minimum absolute atomic E-state index is 0.120. The SMILES string of the molecule is COc1cc(-c2ccc(NC(=O)c3ccc([N+](=O)[O-])cc3)c(OC)c2)ccc1NC(=O)c1ccc([N+](=O)[O-])cc1. The van der Waals surface area contributed by atoms with Gasteiger partial charge in [0.05, 0.1) is 35.4 Å². The van der Waals surface area contributed by atoms with E-state index in [0.717, 1.165) is 11.1 Å². The molecule has 202 valence electrons. The Bertz CT molecular complexity index is 1480. The lowest BCUT2D eigenvalue weighted by atomic mass is 10.0. The first-order chi connectivity index (χ1) is 19.2. The van der Waals surface area contributed by atoms with Crippen molar-refractivity contribution < 1.29 is 28.9 Å². The third-order valence-electron chi connectivity index (χ3n) is 5.91.